The van der Waals surface area contributed by atoms with Crippen LogP contribution in [0.25, 0.3) is 0 Å². The number of hydrogen-bond acceptors (Lipinski definition) is 5. The molecule has 106 valence electrons. The van der Waals surface area contributed by atoms with Crippen LogP contribution in [0.15, 0.2) is 42.6 Å². The Balaban J connectivity index is 1.76. The summed E-state index contributed by atoms with van der Waals surface area (Å²) in [5, 5.41) is 9.05. The lowest BCUT2D eigenvalue weighted by molar-refractivity contribution is -0.147. The van der Waals surface area contributed by atoms with Crippen molar-refractivity contribution in [3.8, 4) is 11.8 Å². The highest BCUT2D eigenvalue weighted by atomic mass is 35.5. The van der Waals surface area contributed by atoms with Crippen molar-refractivity contribution in [3.05, 3.63) is 58.9 Å². The van der Waals surface area contributed by atoms with Gasteiger partial charge in [-0.15, -0.1) is 0 Å². The van der Waals surface area contributed by atoms with Gasteiger partial charge in [-0.25, -0.2) is 9.78 Å². The number of halogens is 1. The summed E-state index contributed by atoms with van der Waals surface area (Å²) in [4.78, 5) is 15.4. The van der Waals surface area contributed by atoms with E-state index in [0.717, 1.165) is 5.56 Å². The van der Waals surface area contributed by atoms with E-state index >= 15 is 0 Å². The van der Waals surface area contributed by atoms with Crippen molar-refractivity contribution in [1.82, 2.24) is 4.98 Å². The van der Waals surface area contributed by atoms with Crippen LogP contribution in [-0.2, 0) is 16.1 Å². The Bertz CT molecular complexity index is 648. The number of nitriles is 1. The van der Waals surface area contributed by atoms with Gasteiger partial charge in [0.15, 0.2) is 6.61 Å². The monoisotopic (exact) mass is 302 g/mol. The first-order chi connectivity index (χ1) is 10.2. The molecule has 0 aliphatic carbocycles. The summed E-state index contributed by atoms with van der Waals surface area (Å²) in [7, 11) is 0. The molecule has 0 bridgehead atoms. The van der Waals surface area contributed by atoms with Gasteiger partial charge in [-0.3, -0.25) is 0 Å². The van der Waals surface area contributed by atoms with E-state index in [-0.39, 0.29) is 13.2 Å². The summed E-state index contributed by atoms with van der Waals surface area (Å²) >= 11 is 5.65. The molecule has 0 unspecified atom stereocenters. The highest BCUT2D eigenvalue weighted by molar-refractivity contribution is 6.29. The number of nitrogens with zero attached hydrogens (tertiary/aromatic N) is 2. The van der Waals surface area contributed by atoms with Gasteiger partial charge >= 0.3 is 5.97 Å². The van der Waals surface area contributed by atoms with E-state index in [9.17, 15) is 4.79 Å². The minimum atomic E-state index is -0.491. The van der Waals surface area contributed by atoms with Crippen molar-refractivity contribution >= 4 is 17.6 Å². The van der Waals surface area contributed by atoms with Gasteiger partial charge in [-0.2, -0.15) is 5.26 Å². The van der Waals surface area contributed by atoms with Crippen LogP contribution in [-0.4, -0.2) is 17.6 Å². The van der Waals surface area contributed by atoms with Crippen LogP contribution in [0.4, 0.5) is 0 Å². The van der Waals surface area contributed by atoms with Crippen LogP contribution in [0, 0.1) is 11.3 Å². The molecule has 1 heterocycles. The van der Waals surface area contributed by atoms with Crippen LogP contribution in [0.3, 0.4) is 0 Å². The van der Waals surface area contributed by atoms with Crippen molar-refractivity contribution in [2.24, 2.45) is 0 Å². The number of hydrogen-bond donors (Lipinski definition) is 0. The molecule has 0 saturated carbocycles. The molecule has 2 aromatic rings. The number of carbonyl (C=O) groups is 1. The second-order valence-corrected chi connectivity index (χ2v) is 4.46. The average Bonchev–Trinajstić information content (AvgIpc) is 2.53. The maximum atomic E-state index is 11.5. The van der Waals surface area contributed by atoms with Crippen LogP contribution in [0.1, 0.15) is 11.1 Å². The molecule has 1 aromatic carbocycles. The first kappa shape index (κ1) is 14.8. The van der Waals surface area contributed by atoms with E-state index in [2.05, 4.69) is 4.98 Å². The minimum Gasteiger partial charge on any atom is -0.482 e. The minimum absolute atomic E-state index is 0.111. The Morgan fingerprint density at radius 3 is 2.62 bits per heavy atom. The molecule has 0 amide bonds. The molecule has 2 rings (SSSR count). The molecule has 0 atom stereocenters. The van der Waals surface area contributed by atoms with Crippen LogP contribution < -0.4 is 4.74 Å². The largest absolute Gasteiger partial charge is 0.482 e. The second-order valence-electron chi connectivity index (χ2n) is 4.07. The molecule has 5 nitrogen and oxygen atoms in total. The average molecular weight is 303 g/mol. The van der Waals surface area contributed by atoms with Crippen LogP contribution >= 0.6 is 11.6 Å². The zero-order valence-electron chi connectivity index (χ0n) is 11.0. The molecule has 0 spiro atoms. The van der Waals surface area contributed by atoms with E-state index in [1.54, 1.807) is 36.4 Å². The Morgan fingerprint density at radius 2 is 2.00 bits per heavy atom. The first-order valence-corrected chi connectivity index (χ1v) is 6.44. The van der Waals surface area contributed by atoms with Gasteiger partial charge in [0, 0.05) is 11.8 Å². The van der Waals surface area contributed by atoms with Crippen molar-refractivity contribution in [3.63, 3.8) is 0 Å². The third-order valence-corrected chi connectivity index (χ3v) is 2.75. The quantitative estimate of drug-likeness (QED) is 0.627. The summed E-state index contributed by atoms with van der Waals surface area (Å²) in [6, 6.07) is 11.8. The molecule has 0 fully saturated rings. The smallest absolute Gasteiger partial charge is 0.344 e. The van der Waals surface area contributed by atoms with Gasteiger partial charge in [0.2, 0.25) is 0 Å². The number of ether oxygens (including phenoxy) is 2. The predicted molar refractivity (Wildman–Crippen MR) is 75.7 cm³/mol. The SMILES string of the molecule is N#Cc1ccc(OCC(=O)OCc2ccc(Cl)nc2)cc1. The van der Waals surface area contributed by atoms with E-state index in [0.29, 0.717) is 16.5 Å². The first-order valence-electron chi connectivity index (χ1n) is 6.06. The maximum absolute atomic E-state index is 11.5. The standard InChI is InChI=1S/C15H11ClN2O3/c16-14-6-3-12(8-18-14)9-21-15(19)10-20-13-4-1-11(7-17)2-5-13/h1-6,8H,9-10H2. The van der Waals surface area contributed by atoms with Gasteiger partial charge in [0.05, 0.1) is 11.6 Å². The van der Waals surface area contributed by atoms with Crippen molar-refractivity contribution in [2.75, 3.05) is 6.61 Å². The molecular formula is C15H11ClN2O3. The lowest BCUT2D eigenvalue weighted by Gasteiger charge is -2.07. The Labute approximate surface area is 126 Å². The van der Waals surface area contributed by atoms with Gasteiger partial charge in [0.1, 0.15) is 17.5 Å². The number of benzene rings is 1. The normalized spacial score (nSPS) is 9.71. The molecule has 0 radical (unpaired) electrons. The predicted octanol–water partition coefficient (Wildman–Crippen LogP) is 2.73. The van der Waals surface area contributed by atoms with E-state index in [1.165, 1.54) is 6.20 Å². The molecule has 0 aliphatic rings. The fourth-order valence-corrected chi connectivity index (χ4v) is 1.58. The lowest BCUT2D eigenvalue weighted by Crippen LogP contribution is -2.14. The molecule has 0 N–H and O–H groups in total. The summed E-state index contributed by atoms with van der Waals surface area (Å²) in [5.41, 5.74) is 1.27. The third-order valence-electron chi connectivity index (χ3n) is 2.53. The fourth-order valence-electron chi connectivity index (χ4n) is 1.47. The Hall–Kier alpha value is -2.58. The van der Waals surface area contributed by atoms with Crippen LogP contribution in [0.2, 0.25) is 5.15 Å². The molecule has 21 heavy (non-hydrogen) atoms. The zero-order valence-corrected chi connectivity index (χ0v) is 11.7. The summed E-state index contributed by atoms with van der Waals surface area (Å²) in [5.74, 6) is 0.00780. The molecular weight excluding hydrogens is 292 g/mol. The number of esters is 1. The van der Waals surface area contributed by atoms with E-state index in [4.69, 9.17) is 26.3 Å². The summed E-state index contributed by atoms with van der Waals surface area (Å²) in [6.45, 7) is -0.0906. The van der Waals surface area contributed by atoms with Gasteiger partial charge < -0.3 is 9.47 Å². The van der Waals surface area contributed by atoms with Gasteiger partial charge in [-0.05, 0) is 30.3 Å². The number of carbonyl (C=O) groups excluding carboxylic acids is 1. The van der Waals surface area contributed by atoms with Gasteiger partial charge in [0.25, 0.3) is 0 Å². The van der Waals surface area contributed by atoms with Gasteiger partial charge in [-0.1, -0.05) is 17.7 Å². The molecule has 0 saturated heterocycles. The highest BCUT2D eigenvalue weighted by Crippen LogP contribution is 2.11. The highest BCUT2D eigenvalue weighted by Gasteiger charge is 2.05. The molecule has 6 heteroatoms. The topological polar surface area (TPSA) is 72.2 Å². The Kier molecular flexibility index (Phi) is 5.13. The van der Waals surface area contributed by atoms with Crippen molar-refractivity contribution in [2.45, 2.75) is 6.61 Å². The molecule has 0 aliphatic heterocycles. The molecule has 1 aromatic heterocycles. The van der Waals surface area contributed by atoms with Crippen molar-refractivity contribution < 1.29 is 14.3 Å². The van der Waals surface area contributed by atoms with E-state index in [1.807, 2.05) is 6.07 Å². The summed E-state index contributed by atoms with van der Waals surface area (Å²) < 4.78 is 10.3. The second kappa shape index (κ2) is 7.27. The van der Waals surface area contributed by atoms with Crippen molar-refractivity contribution in [1.29, 1.82) is 5.26 Å². The lowest BCUT2D eigenvalue weighted by atomic mass is 10.2. The maximum Gasteiger partial charge on any atom is 0.344 e. The van der Waals surface area contributed by atoms with Crippen LogP contribution in [0.5, 0.6) is 5.75 Å². The third kappa shape index (κ3) is 4.79. The summed E-state index contributed by atoms with van der Waals surface area (Å²) in [6.07, 6.45) is 1.54. The number of rotatable bonds is 5. The Morgan fingerprint density at radius 1 is 1.24 bits per heavy atom. The number of pyridine rings is 1. The number of aromatic nitrogens is 1. The fraction of sp³-hybridized carbons (Fsp3) is 0.133. The zero-order chi connectivity index (χ0) is 15.1. The van der Waals surface area contributed by atoms with E-state index < -0.39 is 5.97 Å².